The molecule has 0 amide bonds. The van der Waals surface area contributed by atoms with Gasteiger partial charge in [-0.25, -0.2) is 0 Å². The Morgan fingerprint density at radius 2 is 1.46 bits per heavy atom. The van der Waals surface area contributed by atoms with Crippen molar-refractivity contribution in [1.29, 1.82) is 0 Å². The second-order valence-corrected chi connectivity index (χ2v) is 14.6. The Kier molecular flexibility index (Phi) is 7.19. The molecule has 0 unspecified atom stereocenters. The summed E-state index contributed by atoms with van der Waals surface area (Å²) in [5.41, 5.74) is 1.75. The predicted octanol–water partition coefficient (Wildman–Crippen LogP) is 5.88. The summed E-state index contributed by atoms with van der Waals surface area (Å²) in [6, 6.07) is 12.0. The van der Waals surface area contributed by atoms with Crippen LogP contribution in [0.15, 0.2) is 76.0 Å². The third-order valence-corrected chi connectivity index (χ3v) is 9.33. The second-order valence-electron chi connectivity index (χ2n) is 12.6. The first-order valence-electron chi connectivity index (χ1n) is 13.4. The Morgan fingerprint density at radius 1 is 0.927 bits per heavy atom. The second kappa shape index (κ2) is 10.1. The van der Waals surface area contributed by atoms with Gasteiger partial charge in [0, 0.05) is 46.3 Å². The summed E-state index contributed by atoms with van der Waals surface area (Å²) in [4.78, 5) is 41.2. The van der Waals surface area contributed by atoms with E-state index < -0.39 is 32.8 Å². The number of hydrogen-bond acceptors (Lipinski definition) is 7. The third kappa shape index (κ3) is 5.70. The Balaban J connectivity index is 1.67. The van der Waals surface area contributed by atoms with Crippen LogP contribution in [0.4, 0.5) is 0 Å². The first-order chi connectivity index (χ1) is 19.1. The van der Waals surface area contributed by atoms with E-state index in [1.807, 2.05) is 27.7 Å². The number of nitrogens with zero attached hydrogens (tertiary/aromatic N) is 1. The number of Topliss-reactive ketones (excluding diaryl/α,β-unsaturated/α-hetero) is 2. The molecule has 0 spiro atoms. The summed E-state index contributed by atoms with van der Waals surface area (Å²) in [7, 11) is -4.19. The lowest BCUT2D eigenvalue weighted by molar-refractivity contribution is -0.138. The lowest BCUT2D eigenvalue weighted by Gasteiger charge is -2.48. The smallest absolute Gasteiger partial charge is 0.339 e. The number of rotatable bonds is 6. The fourth-order valence-corrected chi connectivity index (χ4v) is 7.28. The van der Waals surface area contributed by atoms with Crippen LogP contribution in [-0.4, -0.2) is 42.5 Å². The van der Waals surface area contributed by atoms with Crippen molar-refractivity contribution in [3.8, 4) is 5.75 Å². The Labute approximate surface area is 244 Å². The molecule has 5 rings (SSSR count). The first-order valence-corrected chi connectivity index (χ1v) is 15.2. The maximum atomic E-state index is 13.8. The molecule has 3 aliphatic rings. The fraction of sp³-hybridized carbons (Fsp3) is 0.387. The highest BCUT2D eigenvalue weighted by Crippen LogP contribution is 2.54. The van der Waals surface area contributed by atoms with Crippen LogP contribution in [-0.2, 0) is 24.5 Å². The van der Waals surface area contributed by atoms with Gasteiger partial charge < -0.3 is 14.2 Å². The van der Waals surface area contributed by atoms with E-state index in [0.717, 1.165) is 0 Å². The molecule has 216 valence electrons. The molecule has 0 fully saturated rings. The first kappa shape index (κ1) is 29.1. The number of hydrogen-bond donors (Lipinski definition) is 1. The molecular formula is C31H32ClNO7S. The highest BCUT2D eigenvalue weighted by Gasteiger charge is 2.49. The summed E-state index contributed by atoms with van der Waals surface area (Å²) in [6.07, 6.45) is 1.41. The number of carboxylic acid groups (broad SMARTS) is 1. The van der Waals surface area contributed by atoms with Crippen LogP contribution in [0.2, 0.25) is 5.02 Å². The molecule has 1 aliphatic heterocycles. The van der Waals surface area contributed by atoms with E-state index in [-0.39, 0.29) is 41.6 Å². The molecular weight excluding hydrogens is 566 g/mol. The molecule has 10 heteroatoms. The monoisotopic (exact) mass is 597 g/mol. The summed E-state index contributed by atoms with van der Waals surface area (Å²) in [5, 5.41) is 10.2. The van der Waals surface area contributed by atoms with Crippen molar-refractivity contribution in [2.45, 2.75) is 64.2 Å². The van der Waals surface area contributed by atoms with E-state index in [2.05, 4.69) is 0 Å². The Bertz CT molecular complexity index is 1580. The largest absolute Gasteiger partial charge is 0.480 e. The standard InChI is InChI=1S/C31H32ClNO7S/c1-30(2)13-22-28(24(34)15-30)27(29-23(33(22)17-26(36)37)14-31(3,4)16-25(29)35)18-6-5-7-20(12-18)40-41(38,39)21-10-8-19(32)9-11-21/h5-12,27H,13-17H2,1-4H3,(H,36,37). The average Bonchev–Trinajstić information content (AvgIpc) is 2.83. The van der Waals surface area contributed by atoms with E-state index in [1.54, 1.807) is 23.1 Å². The summed E-state index contributed by atoms with van der Waals surface area (Å²) < 4.78 is 31.5. The van der Waals surface area contributed by atoms with Gasteiger partial charge in [-0.05, 0) is 65.6 Å². The van der Waals surface area contributed by atoms with Crippen molar-refractivity contribution in [3.63, 3.8) is 0 Å². The number of carbonyl (C=O) groups excluding carboxylic acids is 2. The molecule has 0 saturated heterocycles. The molecule has 0 bridgehead atoms. The SMILES string of the molecule is CC1(C)CC(=O)C2=C(C1)N(CC(=O)O)C1=C(C(=O)CC(C)(C)C1)C2c1cccc(OS(=O)(=O)c2ccc(Cl)cc2)c1. The minimum atomic E-state index is -4.19. The van der Waals surface area contributed by atoms with Crippen LogP contribution >= 0.6 is 11.6 Å². The maximum absolute atomic E-state index is 13.8. The van der Waals surface area contributed by atoms with Crippen molar-refractivity contribution < 1.29 is 32.1 Å². The molecule has 1 N–H and O–H groups in total. The Hall–Kier alpha value is -3.43. The van der Waals surface area contributed by atoms with E-state index in [9.17, 15) is 27.9 Å². The van der Waals surface area contributed by atoms with Gasteiger partial charge >= 0.3 is 16.1 Å². The minimum absolute atomic E-state index is 0.0295. The van der Waals surface area contributed by atoms with Crippen LogP contribution < -0.4 is 4.18 Å². The molecule has 0 atom stereocenters. The van der Waals surface area contributed by atoms with Crippen molar-refractivity contribution in [2.24, 2.45) is 10.8 Å². The predicted molar refractivity (Wildman–Crippen MR) is 153 cm³/mol. The normalized spacial score (nSPS) is 20.6. The van der Waals surface area contributed by atoms with Crippen LogP contribution in [0, 0.1) is 10.8 Å². The molecule has 41 heavy (non-hydrogen) atoms. The van der Waals surface area contributed by atoms with Gasteiger partial charge in [-0.3, -0.25) is 14.4 Å². The molecule has 0 aromatic heterocycles. The molecule has 2 aliphatic carbocycles. The summed E-state index contributed by atoms with van der Waals surface area (Å²) >= 11 is 5.90. The number of allylic oxidation sites excluding steroid dienone is 4. The summed E-state index contributed by atoms with van der Waals surface area (Å²) in [6.45, 7) is 7.52. The van der Waals surface area contributed by atoms with Gasteiger partial charge in [0.25, 0.3) is 0 Å². The lowest BCUT2D eigenvalue weighted by atomic mass is 9.63. The van der Waals surface area contributed by atoms with Crippen LogP contribution in [0.25, 0.3) is 0 Å². The van der Waals surface area contributed by atoms with Crippen molar-refractivity contribution >= 4 is 39.3 Å². The van der Waals surface area contributed by atoms with Crippen molar-refractivity contribution in [3.05, 3.63) is 81.7 Å². The van der Waals surface area contributed by atoms with E-state index in [0.29, 0.717) is 46.0 Å². The van der Waals surface area contributed by atoms with Crippen molar-refractivity contribution in [1.82, 2.24) is 4.90 Å². The van der Waals surface area contributed by atoms with Gasteiger partial charge in [0.15, 0.2) is 11.6 Å². The van der Waals surface area contributed by atoms with Crippen molar-refractivity contribution in [2.75, 3.05) is 6.54 Å². The zero-order valence-electron chi connectivity index (χ0n) is 23.4. The van der Waals surface area contributed by atoms with Gasteiger partial charge in [0.05, 0.1) is 0 Å². The molecule has 1 heterocycles. The average molecular weight is 598 g/mol. The topological polar surface area (TPSA) is 118 Å². The molecule has 0 radical (unpaired) electrons. The highest BCUT2D eigenvalue weighted by molar-refractivity contribution is 7.87. The number of carbonyl (C=O) groups is 3. The van der Waals surface area contributed by atoms with Gasteiger partial charge in [-0.15, -0.1) is 0 Å². The van der Waals surface area contributed by atoms with Gasteiger partial charge in [-0.1, -0.05) is 51.4 Å². The summed E-state index contributed by atoms with van der Waals surface area (Å²) in [5.74, 6) is -2.10. The number of aliphatic carboxylic acids is 1. The van der Waals surface area contributed by atoms with E-state index in [4.69, 9.17) is 15.8 Å². The third-order valence-electron chi connectivity index (χ3n) is 7.81. The fourth-order valence-electron chi connectivity index (χ4n) is 6.23. The number of ketones is 2. The van der Waals surface area contributed by atoms with Crippen LogP contribution in [0.1, 0.15) is 64.9 Å². The number of benzene rings is 2. The zero-order chi connectivity index (χ0) is 29.9. The molecule has 2 aromatic carbocycles. The van der Waals surface area contributed by atoms with Crippen LogP contribution in [0.3, 0.4) is 0 Å². The molecule has 0 saturated carbocycles. The zero-order valence-corrected chi connectivity index (χ0v) is 24.9. The van der Waals surface area contributed by atoms with Crippen LogP contribution in [0.5, 0.6) is 5.75 Å². The molecule has 2 aromatic rings. The van der Waals surface area contributed by atoms with E-state index in [1.165, 1.54) is 30.3 Å². The number of carboxylic acids is 1. The minimum Gasteiger partial charge on any atom is -0.480 e. The lowest BCUT2D eigenvalue weighted by Crippen LogP contribution is -2.45. The van der Waals surface area contributed by atoms with E-state index >= 15 is 0 Å². The van der Waals surface area contributed by atoms with Gasteiger partial charge in [-0.2, -0.15) is 8.42 Å². The quantitative estimate of drug-likeness (QED) is 0.410. The Morgan fingerprint density at radius 3 is 1.98 bits per heavy atom. The molecule has 8 nitrogen and oxygen atoms in total. The van der Waals surface area contributed by atoms with Gasteiger partial charge in [0.2, 0.25) is 0 Å². The van der Waals surface area contributed by atoms with Gasteiger partial charge in [0.1, 0.15) is 17.2 Å². The number of halogens is 1. The maximum Gasteiger partial charge on any atom is 0.339 e. The highest BCUT2D eigenvalue weighted by atomic mass is 35.5.